The maximum Gasteiger partial charge on any atom is 0.264 e. The zero-order valence-electron chi connectivity index (χ0n) is 14.3. The molecule has 1 heterocycles. The van der Waals surface area contributed by atoms with Gasteiger partial charge in [-0.05, 0) is 36.5 Å². The summed E-state index contributed by atoms with van der Waals surface area (Å²) in [5.41, 5.74) is 1.75. The molecule has 0 saturated carbocycles. The van der Waals surface area contributed by atoms with Crippen molar-refractivity contribution in [3.8, 4) is 11.5 Å². The Balaban J connectivity index is 1.81. The van der Waals surface area contributed by atoms with Gasteiger partial charge in [0.2, 0.25) is 0 Å². The first kappa shape index (κ1) is 17.6. The van der Waals surface area contributed by atoms with Gasteiger partial charge in [-0.25, -0.2) is 0 Å². The Morgan fingerprint density at radius 3 is 2.35 bits per heavy atom. The monoisotopic (exact) mass is 367 g/mol. The third-order valence-electron chi connectivity index (χ3n) is 3.76. The van der Waals surface area contributed by atoms with E-state index in [1.165, 1.54) is 14.2 Å². The predicted molar refractivity (Wildman–Crippen MR) is 105 cm³/mol. The van der Waals surface area contributed by atoms with Crippen molar-refractivity contribution in [2.24, 2.45) is 0 Å². The number of anilines is 1. The maximum absolute atomic E-state index is 12.7. The molecule has 0 radical (unpaired) electrons. The number of pyridine rings is 1. The molecule has 0 unspecified atom stereocenters. The number of para-hydroxylation sites is 1. The molecule has 0 atom stereocenters. The van der Waals surface area contributed by atoms with Crippen molar-refractivity contribution in [1.82, 2.24) is 10.3 Å². The predicted octanol–water partition coefficient (Wildman–Crippen LogP) is 3.38. The van der Waals surface area contributed by atoms with Gasteiger partial charge >= 0.3 is 0 Å². The molecule has 26 heavy (non-hydrogen) atoms. The molecular formula is C19H17N3O3S. The van der Waals surface area contributed by atoms with Crippen LogP contribution >= 0.6 is 12.2 Å². The Bertz CT molecular complexity index is 948. The SMILES string of the molecule is COc1cccc(OC)c1C(=O)NC(=S)Nc1cccc2cccnc12. The summed E-state index contributed by atoms with van der Waals surface area (Å²) < 4.78 is 10.5. The molecule has 3 rings (SSSR count). The molecule has 0 fully saturated rings. The van der Waals surface area contributed by atoms with Crippen molar-refractivity contribution in [1.29, 1.82) is 0 Å². The molecule has 3 aromatic rings. The molecule has 6 nitrogen and oxygen atoms in total. The summed E-state index contributed by atoms with van der Waals surface area (Å²) >= 11 is 5.28. The number of carbonyl (C=O) groups excluding carboxylic acids is 1. The van der Waals surface area contributed by atoms with E-state index in [0.29, 0.717) is 17.2 Å². The molecular weight excluding hydrogens is 350 g/mol. The minimum absolute atomic E-state index is 0.154. The van der Waals surface area contributed by atoms with Crippen LogP contribution in [0, 0.1) is 0 Å². The molecule has 0 spiro atoms. The van der Waals surface area contributed by atoms with Crippen molar-refractivity contribution in [2.75, 3.05) is 19.5 Å². The van der Waals surface area contributed by atoms with E-state index in [1.54, 1.807) is 24.4 Å². The fourth-order valence-corrected chi connectivity index (χ4v) is 2.80. The van der Waals surface area contributed by atoms with E-state index < -0.39 is 5.91 Å². The second-order valence-corrected chi connectivity index (χ2v) is 5.73. The van der Waals surface area contributed by atoms with Crippen molar-refractivity contribution < 1.29 is 14.3 Å². The lowest BCUT2D eigenvalue weighted by atomic mass is 10.1. The normalized spacial score (nSPS) is 10.2. The highest BCUT2D eigenvalue weighted by atomic mass is 32.1. The van der Waals surface area contributed by atoms with E-state index >= 15 is 0 Å². The molecule has 1 amide bonds. The fraction of sp³-hybridized carbons (Fsp3) is 0.105. The van der Waals surface area contributed by atoms with Gasteiger partial charge in [-0.2, -0.15) is 0 Å². The van der Waals surface area contributed by atoms with Gasteiger partial charge < -0.3 is 14.8 Å². The van der Waals surface area contributed by atoms with Crippen LogP contribution in [0.15, 0.2) is 54.7 Å². The van der Waals surface area contributed by atoms with E-state index in [1.807, 2.05) is 30.3 Å². The number of rotatable bonds is 4. The van der Waals surface area contributed by atoms with E-state index in [9.17, 15) is 4.79 Å². The van der Waals surface area contributed by atoms with E-state index in [4.69, 9.17) is 21.7 Å². The Kier molecular flexibility index (Phi) is 5.28. The number of hydrogen-bond donors (Lipinski definition) is 2. The van der Waals surface area contributed by atoms with Gasteiger partial charge in [-0.15, -0.1) is 0 Å². The number of hydrogen-bond acceptors (Lipinski definition) is 5. The topological polar surface area (TPSA) is 72.5 Å². The number of nitrogens with zero attached hydrogens (tertiary/aromatic N) is 1. The molecule has 2 N–H and O–H groups in total. The summed E-state index contributed by atoms with van der Waals surface area (Å²) in [6.45, 7) is 0. The molecule has 0 aliphatic carbocycles. The first-order chi connectivity index (χ1) is 12.6. The third kappa shape index (κ3) is 3.57. The first-order valence-corrected chi connectivity index (χ1v) is 8.22. The van der Waals surface area contributed by atoms with Gasteiger partial charge in [0, 0.05) is 11.6 Å². The lowest BCUT2D eigenvalue weighted by Gasteiger charge is -2.14. The van der Waals surface area contributed by atoms with Crippen LogP contribution in [0.5, 0.6) is 11.5 Å². The van der Waals surface area contributed by atoms with Crippen molar-refractivity contribution >= 4 is 39.8 Å². The smallest absolute Gasteiger partial charge is 0.264 e. The van der Waals surface area contributed by atoms with E-state index in [0.717, 1.165) is 10.9 Å². The summed E-state index contributed by atoms with van der Waals surface area (Å²) in [6, 6.07) is 14.6. The molecule has 7 heteroatoms. The van der Waals surface area contributed by atoms with Crippen molar-refractivity contribution in [2.45, 2.75) is 0 Å². The molecule has 0 aliphatic rings. The Labute approximate surface area is 156 Å². The summed E-state index contributed by atoms with van der Waals surface area (Å²) in [5.74, 6) is 0.373. The number of thiocarbonyl (C=S) groups is 1. The van der Waals surface area contributed by atoms with Gasteiger partial charge in [0.1, 0.15) is 17.1 Å². The largest absolute Gasteiger partial charge is 0.496 e. The fourth-order valence-electron chi connectivity index (χ4n) is 2.60. The second kappa shape index (κ2) is 7.79. The van der Waals surface area contributed by atoms with Gasteiger partial charge in [0.25, 0.3) is 5.91 Å². The minimum atomic E-state index is -0.426. The van der Waals surface area contributed by atoms with Gasteiger partial charge in [0.15, 0.2) is 5.11 Å². The zero-order valence-corrected chi connectivity index (χ0v) is 15.1. The molecule has 0 aliphatic heterocycles. The van der Waals surface area contributed by atoms with Gasteiger partial charge in [-0.1, -0.05) is 24.3 Å². The summed E-state index contributed by atoms with van der Waals surface area (Å²) in [7, 11) is 2.98. The molecule has 132 valence electrons. The van der Waals surface area contributed by atoms with Gasteiger partial charge in [-0.3, -0.25) is 15.1 Å². The number of aromatic nitrogens is 1. The van der Waals surface area contributed by atoms with Crippen LogP contribution in [0.2, 0.25) is 0 Å². The van der Waals surface area contributed by atoms with Crippen LogP contribution in [0.3, 0.4) is 0 Å². The van der Waals surface area contributed by atoms with Crippen LogP contribution < -0.4 is 20.1 Å². The average molecular weight is 367 g/mol. The van der Waals surface area contributed by atoms with Crippen LogP contribution in [-0.2, 0) is 0 Å². The lowest BCUT2D eigenvalue weighted by Crippen LogP contribution is -2.34. The van der Waals surface area contributed by atoms with Crippen LogP contribution in [-0.4, -0.2) is 30.2 Å². The number of nitrogens with one attached hydrogen (secondary N) is 2. The summed E-state index contributed by atoms with van der Waals surface area (Å²) in [6.07, 6.45) is 1.70. The standard InChI is InChI=1S/C19H17N3O3S/c1-24-14-9-4-10-15(25-2)16(14)18(23)22-19(26)21-13-8-3-6-12-7-5-11-20-17(12)13/h3-11H,1-2H3,(H2,21,22,23,26). The van der Waals surface area contributed by atoms with Crippen LogP contribution in [0.4, 0.5) is 5.69 Å². The molecule has 0 bridgehead atoms. The lowest BCUT2D eigenvalue weighted by molar-refractivity contribution is 0.0971. The quantitative estimate of drug-likeness (QED) is 0.689. The molecule has 2 aromatic carbocycles. The number of benzene rings is 2. The minimum Gasteiger partial charge on any atom is -0.496 e. The van der Waals surface area contributed by atoms with Crippen molar-refractivity contribution in [3.05, 3.63) is 60.3 Å². The maximum atomic E-state index is 12.7. The highest BCUT2D eigenvalue weighted by Gasteiger charge is 2.19. The first-order valence-electron chi connectivity index (χ1n) is 7.81. The van der Waals surface area contributed by atoms with Crippen molar-refractivity contribution in [3.63, 3.8) is 0 Å². The third-order valence-corrected chi connectivity index (χ3v) is 3.97. The number of methoxy groups -OCH3 is 2. The van der Waals surface area contributed by atoms with Gasteiger partial charge in [0.05, 0.1) is 25.4 Å². The number of fused-ring (bicyclic) bond motifs is 1. The summed E-state index contributed by atoms with van der Waals surface area (Å²) in [5, 5.41) is 6.79. The zero-order chi connectivity index (χ0) is 18.5. The second-order valence-electron chi connectivity index (χ2n) is 5.33. The van der Waals surface area contributed by atoms with Crippen LogP contribution in [0.1, 0.15) is 10.4 Å². The van der Waals surface area contributed by atoms with E-state index in [2.05, 4.69) is 15.6 Å². The van der Waals surface area contributed by atoms with Crippen LogP contribution in [0.25, 0.3) is 10.9 Å². The highest BCUT2D eigenvalue weighted by Crippen LogP contribution is 2.28. The highest BCUT2D eigenvalue weighted by molar-refractivity contribution is 7.80. The Morgan fingerprint density at radius 2 is 1.65 bits per heavy atom. The molecule has 1 aromatic heterocycles. The summed E-state index contributed by atoms with van der Waals surface area (Å²) in [4.78, 5) is 17.0. The molecule has 0 saturated heterocycles. The number of carbonyl (C=O) groups is 1. The number of amides is 1. The Morgan fingerprint density at radius 1 is 1.00 bits per heavy atom. The van der Waals surface area contributed by atoms with E-state index in [-0.39, 0.29) is 10.7 Å². The Hall–Kier alpha value is -3.19. The average Bonchev–Trinajstić information content (AvgIpc) is 2.67. The number of ether oxygens (including phenoxy) is 2.